The third-order valence-electron chi connectivity index (χ3n) is 8.35. The zero-order valence-corrected chi connectivity index (χ0v) is 26.0. The van der Waals surface area contributed by atoms with Crippen LogP contribution in [0.4, 0.5) is 0 Å². The van der Waals surface area contributed by atoms with Crippen molar-refractivity contribution in [2.24, 2.45) is 5.73 Å². The third-order valence-corrected chi connectivity index (χ3v) is 8.35. The maximum absolute atomic E-state index is 13.7. The number of nitrogens with one attached hydrogen (secondary N) is 2. The minimum absolute atomic E-state index is 0.0599. The molecule has 0 atom stereocenters. The molecule has 2 amide bonds. The van der Waals surface area contributed by atoms with E-state index in [9.17, 15) is 14.7 Å². The molecular formula is C37H46N4O4. The summed E-state index contributed by atoms with van der Waals surface area (Å²) in [6.07, 6.45) is 6.29. The van der Waals surface area contributed by atoms with E-state index < -0.39 is 11.5 Å². The Hall–Kier alpha value is -4.24. The van der Waals surface area contributed by atoms with Crippen molar-refractivity contribution in [1.82, 2.24) is 15.4 Å². The smallest absolute Gasteiger partial charge is 0.267 e. The summed E-state index contributed by atoms with van der Waals surface area (Å²) >= 11 is 0. The Labute approximate surface area is 266 Å². The highest BCUT2D eigenvalue weighted by molar-refractivity contribution is 5.93. The number of benzene rings is 3. The summed E-state index contributed by atoms with van der Waals surface area (Å²) < 4.78 is 2.02. The van der Waals surface area contributed by atoms with Gasteiger partial charge in [0.05, 0.1) is 0 Å². The van der Waals surface area contributed by atoms with E-state index in [2.05, 4.69) is 5.32 Å². The van der Waals surface area contributed by atoms with Crippen LogP contribution in [-0.4, -0.2) is 39.8 Å². The van der Waals surface area contributed by atoms with E-state index in [0.29, 0.717) is 44.6 Å². The molecule has 0 fully saturated rings. The van der Waals surface area contributed by atoms with Crippen LogP contribution in [0.15, 0.2) is 97.1 Å². The summed E-state index contributed by atoms with van der Waals surface area (Å²) in [6, 6.07) is 31.0. The predicted octanol–water partition coefficient (Wildman–Crippen LogP) is 5.48. The number of hydroxylamine groups is 1. The van der Waals surface area contributed by atoms with E-state index in [0.717, 1.165) is 60.1 Å². The molecule has 0 spiro atoms. The van der Waals surface area contributed by atoms with Gasteiger partial charge in [0.15, 0.2) is 0 Å². The zero-order chi connectivity index (χ0) is 31.9. The van der Waals surface area contributed by atoms with Gasteiger partial charge in [0, 0.05) is 25.2 Å². The van der Waals surface area contributed by atoms with Crippen LogP contribution in [0, 0.1) is 0 Å². The second-order valence-electron chi connectivity index (χ2n) is 11.5. The normalized spacial score (nSPS) is 11.4. The van der Waals surface area contributed by atoms with Gasteiger partial charge in [-0.25, -0.2) is 5.48 Å². The first-order valence-corrected chi connectivity index (χ1v) is 16.0. The predicted molar refractivity (Wildman–Crippen MR) is 177 cm³/mol. The molecule has 45 heavy (non-hydrogen) atoms. The average Bonchev–Trinajstić information content (AvgIpc) is 3.43. The second-order valence-corrected chi connectivity index (χ2v) is 11.5. The van der Waals surface area contributed by atoms with Gasteiger partial charge < -0.3 is 20.7 Å². The van der Waals surface area contributed by atoms with Gasteiger partial charge in [-0.3, -0.25) is 14.8 Å². The Morgan fingerprint density at radius 3 is 1.96 bits per heavy atom. The minimum atomic E-state index is -1.28. The molecule has 1 aromatic heterocycles. The van der Waals surface area contributed by atoms with Crippen molar-refractivity contribution in [1.29, 1.82) is 0 Å². The molecule has 0 radical (unpaired) electrons. The van der Waals surface area contributed by atoms with Gasteiger partial charge in [-0.1, -0.05) is 110 Å². The first-order valence-electron chi connectivity index (χ1n) is 16.0. The lowest BCUT2D eigenvalue weighted by atomic mass is 9.82. The van der Waals surface area contributed by atoms with E-state index in [-0.39, 0.29) is 12.3 Å². The summed E-state index contributed by atoms with van der Waals surface area (Å²) in [5, 5.41) is 24.6. The van der Waals surface area contributed by atoms with Crippen molar-refractivity contribution >= 4 is 11.8 Å². The van der Waals surface area contributed by atoms with Crippen LogP contribution < -0.4 is 16.5 Å². The van der Waals surface area contributed by atoms with Gasteiger partial charge >= 0.3 is 0 Å². The van der Waals surface area contributed by atoms with Crippen LogP contribution in [0.2, 0.25) is 0 Å². The lowest BCUT2D eigenvalue weighted by Crippen LogP contribution is -2.29. The van der Waals surface area contributed by atoms with E-state index >= 15 is 0 Å². The van der Waals surface area contributed by atoms with Crippen molar-refractivity contribution in [3.8, 4) is 0 Å². The highest BCUT2D eigenvalue weighted by Crippen LogP contribution is 2.35. The standard InChI is InChI=1S/C37H46N4O4/c38-25-13-2-1-3-14-26-39-36(43)34-27-30(21-22-35(42)40-45)33(41(34)28-29-15-7-4-8-16-29)23-24-37(44,31-17-9-5-10-18-31)32-19-11-6-12-20-32/h4-12,15-20,27,44-45H,1-3,13-14,21-26,28,38H2,(H,39,43)(H,40,42). The van der Waals surface area contributed by atoms with E-state index in [1.165, 1.54) is 0 Å². The second kappa shape index (κ2) is 17.3. The molecule has 0 aliphatic rings. The summed E-state index contributed by atoms with van der Waals surface area (Å²) in [5.74, 6) is -0.671. The lowest BCUT2D eigenvalue weighted by molar-refractivity contribution is -0.129. The molecule has 0 unspecified atom stereocenters. The number of nitrogens with two attached hydrogens (primary N) is 1. The topological polar surface area (TPSA) is 130 Å². The van der Waals surface area contributed by atoms with Crippen LogP contribution in [0.25, 0.3) is 0 Å². The first kappa shape index (κ1) is 33.6. The number of aromatic nitrogens is 1. The Kier molecular flexibility index (Phi) is 12.9. The van der Waals surface area contributed by atoms with Crippen LogP contribution in [-0.2, 0) is 29.8 Å². The summed E-state index contributed by atoms with van der Waals surface area (Å²) in [4.78, 5) is 25.8. The number of hydrogen-bond acceptors (Lipinski definition) is 5. The summed E-state index contributed by atoms with van der Waals surface area (Å²) in [6.45, 7) is 1.73. The molecule has 8 heteroatoms. The molecule has 0 aliphatic heterocycles. The summed E-state index contributed by atoms with van der Waals surface area (Å²) in [5.41, 5.74) is 10.9. The number of nitrogens with zero attached hydrogens (tertiary/aromatic N) is 1. The van der Waals surface area contributed by atoms with Gasteiger partial charge in [0.25, 0.3) is 5.91 Å². The Morgan fingerprint density at radius 1 is 0.778 bits per heavy atom. The number of carbonyl (C=O) groups is 2. The number of carbonyl (C=O) groups excluding carboxylic acids is 2. The molecule has 238 valence electrons. The molecule has 6 N–H and O–H groups in total. The maximum atomic E-state index is 13.7. The van der Waals surface area contributed by atoms with Gasteiger partial charge in [0.1, 0.15) is 11.3 Å². The van der Waals surface area contributed by atoms with E-state index in [4.69, 9.17) is 10.9 Å². The molecule has 0 aliphatic carbocycles. The minimum Gasteiger partial charge on any atom is -0.380 e. The molecule has 1 heterocycles. The third kappa shape index (κ3) is 9.38. The fourth-order valence-electron chi connectivity index (χ4n) is 5.87. The Morgan fingerprint density at radius 2 is 1.36 bits per heavy atom. The number of rotatable bonds is 18. The van der Waals surface area contributed by atoms with E-state index in [1.807, 2.05) is 102 Å². The number of aryl methyl sites for hydroxylation is 1. The van der Waals surface area contributed by atoms with Crippen LogP contribution in [0.1, 0.15) is 83.4 Å². The molecule has 0 saturated heterocycles. The fraction of sp³-hybridized carbons (Fsp3) is 0.351. The van der Waals surface area contributed by atoms with E-state index in [1.54, 1.807) is 5.48 Å². The lowest BCUT2D eigenvalue weighted by Gasteiger charge is -2.30. The van der Waals surface area contributed by atoms with Gasteiger partial charge in [-0.05, 0) is 67.0 Å². The molecule has 3 aromatic carbocycles. The van der Waals surface area contributed by atoms with Crippen molar-refractivity contribution < 1.29 is 19.9 Å². The molecule has 8 nitrogen and oxygen atoms in total. The number of amides is 2. The highest BCUT2D eigenvalue weighted by atomic mass is 16.5. The first-order chi connectivity index (χ1) is 22.0. The van der Waals surface area contributed by atoms with Crippen LogP contribution >= 0.6 is 0 Å². The fourth-order valence-corrected chi connectivity index (χ4v) is 5.87. The largest absolute Gasteiger partial charge is 0.380 e. The van der Waals surface area contributed by atoms with Crippen molar-refractivity contribution in [2.75, 3.05) is 13.1 Å². The number of aliphatic hydroxyl groups is 1. The van der Waals surface area contributed by atoms with Crippen molar-refractivity contribution in [2.45, 2.75) is 69.9 Å². The Balaban J connectivity index is 1.68. The SMILES string of the molecule is NCCCCCCCNC(=O)c1cc(CCC(=O)NO)c(CCC(O)(c2ccccc2)c2ccccc2)n1Cc1ccccc1. The van der Waals surface area contributed by atoms with Gasteiger partial charge in [0.2, 0.25) is 5.91 Å². The van der Waals surface area contributed by atoms with Crippen LogP contribution in [0.3, 0.4) is 0 Å². The molecule has 4 aromatic rings. The quantitative estimate of drug-likeness (QED) is 0.0579. The molecule has 0 bridgehead atoms. The molecule has 4 rings (SSSR count). The highest BCUT2D eigenvalue weighted by Gasteiger charge is 2.32. The van der Waals surface area contributed by atoms with Gasteiger partial charge in [-0.15, -0.1) is 0 Å². The van der Waals surface area contributed by atoms with Crippen molar-refractivity contribution in [3.63, 3.8) is 0 Å². The molecule has 0 saturated carbocycles. The number of hydrogen-bond donors (Lipinski definition) is 5. The van der Waals surface area contributed by atoms with Crippen LogP contribution in [0.5, 0.6) is 0 Å². The van der Waals surface area contributed by atoms with Gasteiger partial charge in [-0.2, -0.15) is 0 Å². The molecular weight excluding hydrogens is 564 g/mol. The average molecular weight is 611 g/mol. The number of unbranched alkanes of at least 4 members (excludes halogenated alkanes) is 4. The summed E-state index contributed by atoms with van der Waals surface area (Å²) in [7, 11) is 0. The van der Waals surface area contributed by atoms with Crippen molar-refractivity contribution in [3.05, 3.63) is 131 Å². The monoisotopic (exact) mass is 610 g/mol. The Bertz CT molecular complexity index is 1430. The zero-order valence-electron chi connectivity index (χ0n) is 26.0. The maximum Gasteiger partial charge on any atom is 0.267 e.